The number of hydrogen-bond donors (Lipinski definition) is 2. The molecule has 0 aromatic heterocycles. The van der Waals surface area contributed by atoms with Gasteiger partial charge in [0.25, 0.3) is 0 Å². The standard InChI is InChI=1S/C17H32N2O2.ClH/c1-11(2)13-8-7-12(3)10-14(13)21-16(20)19-15-6-5-9-17(15,4)18;/h11-15H,5-10,18H2,1-4H3,(H,19,20);1H/t12-,13?,14?,15-,17+;/m1./s1. The van der Waals surface area contributed by atoms with Crippen LogP contribution >= 0.6 is 12.4 Å². The largest absolute Gasteiger partial charge is 0.446 e. The molecule has 2 unspecified atom stereocenters. The van der Waals surface area contributed by atoms with E-state index < -0.39 is 0 Å². The Bertz CT molecular complexity index is 374. The molecule has 2 fully saturated rings. The fourth-order valence-electron chi connectivity index (χ4n) is 3.99. The smallest absolute Gasteiger partial charge is 0.407 e. The van der Waals surface area contributed by atoms with Crippen molar-refractivity contribution in [3.05, 3.63) is 0 Å². The summed E-state index contributed by atoms with van der Waals surface area (Å²) in [5, 5.41) is 3.00. The molecule has 0 radical (unpaired) electrons. The first-order chi connectivity index (χ1) is 9.79. The second-order valence-electron chi connectivity index (χ2n) is 7.86. The fourth-order valence-corrected chi connectivity index (χ4v) is 3.99. The van der Waals surface area contributed by atoms with Crippen molar-refractivity contribution in [1.82, 2.24) is 5.32 Å². The Morgan fingerprint density at radius 1 is 1.32 bits per heavy atom. The first kappa shape index (κ1) is 19.6. The van der Waals surface area contributed by atoms with Gasteiger partial charge >= 0.3 is 6.09 Å². The molecular formula is C17H33ClN2O2. The summed E-state index contributed by atoms with van der Waals surface area (Å²) in [6.45, 7) is 8.72. The van der Waals surface area contributed by atoms with Gasteiger partial charge in [-0.2, -0.15) is 0 Å². The van der Waals surface area contributed by atoms with Crippen LogP contribution < -0.4 is 11.1 Å². The number of halogens is 1. The van der Waals surface area contributed by atoms with E-state index in [0.29, 0.717) is 17.8 Å². The van der Waals surface area contributed by atoms with Gasteiger partial charge in [-0.3, -0.25) is 0 Å². The maximum absolute atomic E-state index is 12.2. The van der Waals surface area contributed by atoms with Crippen LogP contribution in [0.4, 0.5) is 4.79 Å². The van der Waals surface area contributed by atoms with Crippen LogP contribution in [0.2, 0.25) is 0 Å². The molecule has 130 valence electrons. The summed E-state index contributed by atoms with van der Waals surface area (Å²) >= 11 is 0. The summed E-state index contributed by atoms with van der Waals surface area (Å²) in [4.78, 5) is 12.2. The second kappa shape index (κ2) is 7.87. The summed E-state index contributed by atoms with van der Waals surface area (Å²) in [6, 6.07) is 0.0449. The van der Waals surface area contributed by atoms with E-state index in [1.165, 1.54) is 6.42 Å². The van der Waals surface area contributed by atoms with E-state index in [0.717, 1.165) is 32.1 Å². The quantitative estimate of drug-likeness (QED) is 0.824. The minimum atomic E-state index is -0.295. The van der Waals surface area contributed by atoms with Crippen LogP contribution in [0.15, 0.2) is 0 Å². The average molecular weight is 333 g/mol. The molecule has 0 saturated heterocycles. The summed E-state index contributed by atoms with van der Waals surface area (Å²) in [5.74, 6) is 1.69. The number of hydrogen-bond acceptors (Lipinski definition) is 3. The molecule has 0 aromatic carbocycles. The summed E-state index contributed by atoms with van der Waals surface area (Å²) in [7, 11) is 0. The fraction of sp³-hybridized carbons (Fsp3) is 0.941. The van der Waals surface area contributed by atoms with Crippen molar-refractivity contribution in [2.24, 2.45) is 23.5 Å². The van der Waals surface area contributed by atoms with Crippen molar-refractivity contribution in [2.75, 3.05) is 0 Å². The third-order valence-electron chi connectivity index (χ3n) is 5.52. The topological polar surface area (TPSA) is 64.3 Å². The molecule has 2 aliphatic rings. The lowest BCUT2D eigenvalue weighted by molar-refractivity contribution is 0.00424. The lowest BCUT2D eigenvalue weighted by atomic mass is 9.75. The highest BCUT2D eigenvalue weighted by molar-refractivity contribution is 5.85. The third-order valence-corrected chi connectivity index (χ3v) is 5.52. The van der Waals surface area contributed by atoms with Crippen LogP contribution in [-0.4, -0.2) is 23.8 Å². The molecule has 0 bridgehead atoms. The summed E-state index contributed by atoms with van der Waals surface area (Å²) in [6.07, 6.45) is 6.17. The van der Waals surface area contributed by atoms with Crippen molar-refractivity contribution < 1.29 is 9.53 Å². The SMILES string of the molecule is CC(C)C1CC[C@@H](C)CC1OC(=O)N[C@@H]1CCC[C@]1(C)N.Cl. The summed E-state index contributed by atoms with van der Waals surface area (Å²) in [5.41, 5.74) is 5.94. The Kier molecular flexibility index (Phi) is 7.00. The molecule has 2 rings (SSSR count). The summed E-state index contributed by atoms with van der Waals surface area (Å²) < 4.78 is 5.79. The highest BCUT2D eigenvalue weighted by atomic mass is 35.5. The first-order valence-electron chi connectivity index (χ1n) is 8.55. The van der Waals surface area contributed by atoms with Crippen molar-refractivity contribution in [1.29, 1.82) is 0 Å². The first-order valence-corrected chi connectivity index (χ1v) is 8.55. The molecule has 5 atom stereocenters. The van der Waals surface area contributed by atoms with Gasteiger partial charge in [0.05, 0.1) is 0 Å². The van der Waals surface area contributed by atoms with Gasteiger partial charge in [0.1, 0.15) is 6.10 Å². The van der Waals surface area contributed by atoms with E-state index in [1.54, 1.807) is 0 Å². The predicted octanol–water partition coefficient (Wildman–Crippen LogP) is 3.87. The number of rotatable bonds is 3. The zero-order valence-electron chi connectivity index (χ0n) is 14.4. The number of alkyl carbamates (subject to hydrolysis) is 1. The average Bonchev–Trinajstić information content (AvgIpc) is 2.68. The van der Waals surface area contributed by atoms with Crippen LogP contribution in [0.5, 0.6) is 0 Å². The van der Waals surface area contributed by atoms with E-state index >= 15 is 0 Å². The van der Waals surface area contributed by atoms with E-state index in [4.69, 9.17) is 10.5 Å². The number of carbonyl (C=O) groups is 1. The van der Waals surface area contributed by atoms with Crippen molar-refractivity contribution >= 4 is 18.5 Å². The Morgan fingerprint density at radius 2 is 2.00 bits per heavy atom. The molecule has 0 heterocycles. The maximum atomic E-state index is 12.2. The number of amides is 1. The Hall–Kier alpha value is -0.480. The van der Waals surface area contributed by atoms with Gasteiger partial charge in [-0.25, -0.2) is 4.79 Å². The van der Waals surface area contributed by atoms with E-state index in [1.807, 2.05) is 6.92 Å². The van der Waals surface area contributed by atoms with E-state index in [-0.39, 0.29) is 36.2 Å². The minimum Gasteiger partial charge on any atom is -0.446 e. The molecule has 1 amide bonds. The van der Waals surface area contributed by atoms with Crippen LogP contribution in [-0.2, 0) is 4.74 Å². The van der Waals surface area contributed by atoms with E-state index in [2.05, 4.69) is 26.1 Å². The highest BCUT2D eigenvalue weighted by Crippen LogP contribution is 2.35. The van der Waals surface area contributed by atoms with Gasteiger partial charge in [0.15, 0.2) is 0 Å². The van der Waals surface area contributed by atoms with Gasteiger partial charge < -0.3 is 15.8 Å². The van der Waals surface area contributed by atoms with Gasteiger partial charge in [-0.05, 0) is 56.8 Å². The second-order valence-corrected chi connectivity index (χ2v) is 7.86. The van der Waals surface area contributed by atoms with E-state index in [9.17, 15) is 4.79 Å². The molecule has 22 heavy (non-hydrogen) atoms. The lowest BCUT2D eigenvalue weighted by Crippen LogP contribution is -2.53. The molecule has 2 saturated carbocycles. The van der Waals surface area contributed by atoms with Crippen LogP contribution in [0.3, 0.4) is 0 Å². The Labute approximate surface area is 141 Å². The molecule has 3 N–H and O–H groups in total. The normalized spacial score (nSPS) is 38.5. The molecule has 5 heteroatoms. The Balaban J connectivity index is 0.00000242. The van der Waals surface area contributed by atoms with Gasteiger partial charge in [-0.1, -0.05) is 27.2 Å². The number of nitrogens with one attached hydrogen (secondary N) is 1. The molecule has 0 aliphatic heterocycles. The van der Waals surface area contributed by atoms with Crippen LogP contribution in [0.1, 0.15) is 66.2 Å². The monoisotopic (exact) mass is 332 g/mol. The van der Waals surface area contributed by atoms with Crippen molar-refractivity contribution in [2.45, 2.75) is 83.9 Å². The predicted molar refractivity (Wildman–Crippen MR) is 92.2 cm³/mol. The molecular weight excluding hydrogens is 300 g/mol. The zero-order valence-corrected chi connectivity index (χ0v) is 15.2. The van der Waals surface area contributed by atoms with Crippen LogP contribution in [0, 0.1) is 17.8 Å². The third kappa shape index (κ3) is 4.76. The number of carbonyl (C=O) groups excluding carboxylic acids is 1. The molecule has 0 aromatic rings. The molecule has 0 spiro atoms. The van der Waals surface area contributed by atoms with Gasteiger partial charge in [0, 0.05) is 11.6 Å². The number of nitrogens with two attached hydrogens (primary N) is 1. The van der Waals surface area contributed by atoms with Crippen LogP contribution in [0.25, 0.3) is 0 Å². The van der Waals surface area contributed by atoms with Crippen molar-refractivity contribution in [3.8, 4) is 0 Å². The Morgan fingerprint density at radius 3 is 2.55 bits per heavy atom. The van der Waals surface area contributed by atoms with Crippen molar-refractivity contribution in [3.63, 3.8) is 0 Å². The highest BCUT2D eigenvalue weighted by Gasteiger charge is 2.38. The lowest BCUT2D eigenvalue weighted by Gasteiger charge is -2.37. The molecule has 4 nitrogen and oxygen atoms in total. The zero-order chi connectivity index (χ0) is 15.6. The minimum absolute atomic E-state index is 0. The van der Waals surface area contributed by atoms with Gasteiger partial charge in [-0.15, -0.1) is 12.4 Å². The number of ether oxygens (including phenoxy) is 1. The van der Waals surface area contributed by atoms with Gasteiger partial charge in [0.2, 0.25) is 0 Å². The molecule has 2 aliphatic carbocycles. The maximum Gasteiger partial charge on any atom is 0.407 e.